The third kappa shape index (κ3) is 6.54. The van der Waals surface area contributed by atoms with Crippen LogP contribution < -0.4 is 15.6 Å². The average molecular weight is 537 g/mol. The zero-order chi connectivity index (χ0) is 27.5. The Kier molecular flexibility index (Phi) is 8.45. The molecule has 1 aliphatic carbocycles. The normalized spacial score (nSPS) is 19.0. The van der Waals surface area contributed by atoms with Gasteiger partial charge in [0, 0.05) is 24.0 Å². The highest BCUT2D eigenvalue weighted by molar-refractivity contribution is 6.74. The van der Waals surface area contributed by atoms with Crippen LogP contribution in [0.4, 0.5) is 0 Å². The fourth-order valence-corrected chi connectivity index (χ4v) is 6.07. The number of hydrogen-bond acceptors (Lipinski definition) is 5. The summed E-state index contributed by atoms with van der Waals surface area (Å²) in [5, 5.41) is 13.9. The summed E-state index contributed by atoms with van der Waals surface area (Å²) in [6.07, 6.45) is 1.89. The highest BCUT2D eigenvalue weighted by atomic mass is 28.4. The predicted molar refractivity (Wildman–Crippen MR) is 153 cm³/mol. The maximum atomic E-state index is 12.3. The van der Waals surface area contributed by atoms with Crippen LogP contribution in [0.5, 0.6) is 5.75 Å². The van der Waals surface area contributed by atoms with Crippen LogP contribution in [0.25, 0.3) is 10.9 Å². The first-order chi connectivity index (χ1) is 17.9. The first-order valence-corrected chi connectivity index (χ1v) is 16.3. The smallest absolute Gasteiger partial charge is 0.306 e. The Bertz CT molecular complexity index is 1320. The number of aromatic amines is 1. The second-order valence-corrected chi connectivity index (χ2v) is 16.6. The van der Waals surface area contributed by atoms with Crippen molar-refractivity contribution in [2.24, 2.45) is 5.92 Å². The number of rotatable bonds is 10. The van der Waals surface area contributed by atoms with Crippen LogP contribution in [0, 0.1) is 5.92 Å². The molecule has 3 atom stereocenters. The molecule has 1 fully saturated rings. The summed E-state index contributed by atoms with van der Waals surface area (Å²) in [6, 6.07) is 17.4. The van der Waals surface area contributed by atoms with Crippen LogP contribution in [-0.2, 0) is 15.8 Å². The molecule has 2 aromatic carbocycles. The number of H-pyrrole nitrogens is 1. The molecule has 0 saturated heterocycles. The highest BCUT2D eigenvalue weighted by Crippen LogP contribution is 2.41. The van der Waals surface area contributed by atoms with Crippen molar-refractivity contribution < 1.29 is 19.1 Å². The lowest BCUT2D eigenvalue weighted by Crippen LogP contribution is -2.44. The number of fused-ring (bicyclic) bond motifs is 1. The van der Waals surface area contributed by atoms with E-state index in [1.165, 1.54) is 6.07 Å². The van der Waals surface area contributed by atoms with Crippen molar-refractivity contribution in [2.45, 2.75) is 76.9 Å². The molecule has 1 saturated carbocycles. The van der Waals surface area contributed by atoms with E-state index in [2.05, 4.69) is 44.2 Å². The SMILES string of the molecule is CC(C)(C)[Si](C)(C)OC(CN[C@H]1CC[C@@H](C(=O)O)C1)c1ccc(OCc2ccccc2)c2[nH]c(=O)ccc12. The standard InChI is InChI=1S/C30H40N2O5Si/c1-30(2,3)38(4,5)37-26(18-31-22-12-11-21(17-22)29(34)35)23-13-15-25(28-24(23)14-16-27(33)32-28)36-19-20-9-7-6-8-10-20/h6-10,13-16,21-22,26,31H,11-12,17-19H2,1-5H3,(H,32,33)(H,34,35)/t21-,22+,26?/m1/s1. The number of carbonyl (C=O) groups is 1. The minimum Gasteiger partial charge on any atom is -0.487 e. The number of ether oxygens (including phenoxy) is 1. The van der Waals surface area contributed by atoms with Gasteiger partial charge in [0.1, 0.15) is 12.4 Å². The van der Waals surface area contributed by atoms with E-state index in [9.17, 15) is 14.7 Å². The van der Waals surface area contributed by atoms with Crippen LogP contribution in [0.3, 0.4) is 0 Å². The molecule has 1 unspecified atom stereocenters. The largest absolute Gasteiger partial charge is 0.487 e. The molecule has 0 bridgehead atoms. The Morgan fingerprint density at radius 2 is 1.84 bits per heavy atom. The lowest BCUT2D eigenvalue weighted by Gasteiger charge is -2.40. The van der Waals surface area contributed by atoms with Gasteiger partial charge in [0.2, 0.25) is 5.56 Å². The van der Waals surface area contributed by atoms with E-state index in [1.54, 1.807) is 0 Å². The molecule has 8 heteroatoms. The fourth-order valence-electron chi connectivity index (χ4n) is 4.80. The summed E-state index contributed by atoms with van der Waals surface area (Å²) in [5.74, 6) is -0.395. The summed E-state index contributed by atoms with van der Waals surface area (Å²) in [4.78, 5) is 26.8. The van der Waals surface area contributed by atoms with Crippen LogP contribution in [0.15, 0.2) is 59.4 Å². The number of benzene rings is 2. The lowest BCUT2D eigenvalue weighted by atomic mass is 10.0. The first-order valence-electron chi connectivity index (χ1n) is 13.4. The van der Waals surface area contributed by atoms with Gasteiger partial charge >= 0.3 is 5.97 Å². The third-order valence-corrected chi connectivity index (χ3v) is 12.6. The van der Waals surface area contributed by atoms with Gasteiger partial charge in [0.05, 0.1) is 17.5 Å². The van der Waals surface area contributed by atoms with Crippen molar-refractivity contribution in [2.75, 3.05) is 6.54 Å². The van der Waals surface area contributed by atoms with Crippen LogP contribution in [0.2, 0.25) is 18.1 Å². The van der Waals surface area contributed by atoms with Crippen molar-refractivity contribution in [3.8, 4) is 5.75 Å². The Hall–Kier alpha value is -2.94. The molecule has 1 heterocycles. The number of nitrogens with one attached hydrogen (secondary N) is 2. The molecule has 3 N–H and O–H groups in total. The van der Waals surface area contributed by atoms with Gasteiger partial charge in [0.15, 0.2) is 8.32 Å². The minimum atomic E-state index is -2.17. The maximum absolute atomic E-state index is 12.3. The maximum Gasteiger partial charge on any atom is 0.306 e. The molecular weight excluding hydrogens is 496 g/mol. The van der Waals surface area contributed by atoms with Crippen molar-refractivity contribution in [1.82, 2.24) is 10.3 Å². The molecule has 1 aliphatic rings. The fraction of sp³-hybridized carbons (Fsp3) is 0.467. The number of pyridine rings is 1. The molecule has 0 radical (unpaired) electrons. The molecule has 4 rings (SSSR count). The van der Waals surface area contributed by atoms with Gasteiger partial charge in [-0.2, -0.15) is 0 Å². The molecule has 0 amide bonds. The van der Waals surface area contributed by atoms with Gasteiger partial charge < -0.3 is 24.6 Å². The Labute approximate surface area is 225 Å². The number of aromatic nitrogens is 1. The molecule has 1 aromatic heterocycles. The summed E-state index contributed by atoms with van der Waals surface area (Å²) in [5.41, 5.74) is 2.49. The van der Waals surface area contributed by atoms with Gasteiger partial charge in [-0.3, -0.25) is 9.59 Å². The topological polar surface area (TPSA) is 101 Å². The Morgan fingerprint density at radius 1 is 1.11 bits per heavy atom. The number of carboxylic acids is 1. The van der Waals surface area contributed by atoms with E-state index in [4.69, 9.17) is 9.16 Å². The van der Waals surface area contributed by atoms with E-state index >= 15 is 0 Å². The number of carboxylic acid groups (broad SMARTS) is 1. The van der Waals surface area contributed by atoms with Gasteiger partial charge in [-0.05, 0) is 60.7 Å². The minimum absolute atomic E-state index is 0.00979. The van der Waals surface area contributed by atoms with E-state index in [-0.39, 0.29) is 28.7 Å². The highest BCUT2D eigenvalue weighted by Gasteiger charge is 2.40. The van der Waals surface area contributed by atoms with E-state index in [0.717, 1.165) is 22.9 Å². The van der Waals surface area contributed by atoms with Gasteiger partial charge in [-0.25, -0.2) is 0 Å². The summed E-state index contributed by atoms with van der Waals surface area (Å²) >= 11 is 0. The van der Waals surface area contributed by atoms with Gasteiger partial charge in [0.25, 0.3) is 0 Å². The molecular formula is C30H40N2O5Si. The van der Waals surface area contributed by atoms with E-state index in [0.29, 0.717) is 37.3 Å². The molecule has 7 nitrogen and oxygen atoms in total. The van der Waals surface area contributed by atoms with Crippen LogP contribution in [-0.4, -0.2) is 37.0 Å². The molecule has 204 valence electrons. The predicted octanol–water partition coefficient (Wildman–Crippen LogP) is 6.01. The molecule has 0 spiro atoms. The number of aliphatic carboxylic acids is 1. The second kappa shape index (κ2) is 11.4. The zero-order valence-electron chi connectivity index (χ0n) is 23.0. The summed E-state index contributed by atoms with van der Waals surface area (Å²) < 4.78 is 13.1. The molecule has 3 aromatic rings. The van der Waals surface area contributed by atoms with Crippen molar-refractivity contribution in [1.29, 1.82) is 0 Å². The first kappa shape index (κ1) is 28.1. The van der Waals surface area contributed by atoms with E-state index < -0.39 is 14.3 Å². The van der Waals surface area contributed by atoms with Crippen molar-refractivity contribution >= 4 is 25.2 Å². The summed E-state index contributed by atoms with van der Waals surface area (Å²) in [7, 11) is -2.17. The van der Waals surface area contributed by atoms with E-state index in [1.807, 2.05) is 48.5 Å². The Balaban J connectivity index is 1.66. The monoisotopic (exact) mass is 536 g/mol. The lowest BCUT2D eigenvalue weighted by molar-refractivity contribution is -0.141. The van der Waals surface area contributed by atoms with Gasteiger partial charge in [-0.15, -0.1) is 0 Å². The molecule has 38 heavy (non-hydrogen) atoms. The van der Waals surface area contributed by atoms with Crippen LogP contribution in [0.1, 0.15) is 57.3 Å². The van der Waals surface area contributed by atoms with Crippen molar-refractivity contribution in [3.05, 3.63) is 76.1 Å². The molecule has 0 aliphatic heterocycles. The Morgan fingerprint density at radius 3 is 2.50 bits per heavy atom. The third-order valence-electron chi connectivity index (χ3n) is 8.09. The van der Waals surface area contributed by atoms with Crippen molar-refractivity contribution in [3.63, 3.8) is 0 Å². The average Bonchev–Trinajstić information content (AvgIpc) is 3.34. The van der Waals surface area contributed by atoms with Crippen LogP contribution >= 0.6 is 0 Å². The quantitative estimate of drug-likeness (QED) is 0.274. The zero-order valence-corrected chi connectivity index (χ0v) is 24.0. The summed E-state index contributed by atoms with van der Waals surface area (Å²) in [6.45, 7) is 12.1. The number of hydrogen-bond donors (Lipinski definition) is 3. The van der Waals surface area contributed by atoms with Gasteiger partial charge in [-0.1, -0.05) is 57.2 Å². The second-order valence-electron chi connectivity index (χ2n) is 11.9.